The summed E-state index contributed by atoms with van der Waals surface area (Å²) in [6.07, 6.45) is 0. The number of nitrogens with two attached hydrogens (primary N) is 2. The van der Waals surface area contributed by atoms with Gasteiger partial charge in [-0.15, -0.1) is 0 Å². The topological polar surface area (TPSA) is 98.2 Å². The van der Waals surface area contributed by atoms with Gasteiger partial charge in [-0.05, 0) is 52.3 Å². The quantitative estimate of drug-likeness (QED) is 0.664. The summed E-state index contributed by atoms with van der Waals surface area (Å²) in [4.78, 5) is -0.0360. The Morgan fingerprint density at radius 3 is 2.40 bits per heavy atom. The second-order valence-corrected chi connectivity index (χ2v) is 7.42. The zero-order chi connectivity index (χ0) is 14.9. The van der Waals surface area contributed by atoms with E-state index in [1.165, 1.54) is 12.1 Å². The van der Waals surface area contributed by atoms with Gasteiger partial charge >= 0.3 is 0 Å². The van der Waals surface area contributed by atoms with E-state index in [4.69, 9.17) is 10.9 Å². The van der Waals surface area contributed by atoms with Crippen LogP contribution in [-0.4, -0.2) is 8.42 Å². The van der Waals surface area contributed by atoms with E-state index in [-0.39, 0.29) is 4.90 Å². The van der Waals surface area contributed by atoms with Gasteiger partial charge in [0, 0.05) is 20.3 Å². The van der Waals surface area contributed by atoms with Gasteiger partial charge in [-0.1, -0.05) is 15.9 Å². The van der Waals surface area contributed by atoms with E-state index in [0.717, 1.165) is 14.6 Å². The average molecular weight is 421 g/mol. The molecule has 20 heavy (non-hydrogen) atoms. The highest BCUT2D eigenvalue weighted by molar-refractivity contribution is 9.11. The first-order valence-corrected chi connectivity index (χ1v) is 8.54. The van der Waals surface area contributed by atoms with Crippen LogP contribution in [0.1, 0.15) is 0 Å². The zero-order valence-corrected chi connectivity index (χ0v) is 14.1. The maximum Gasteiger partial charge on any atom is 0.238 e. The highest BCUT2D eigenvalue weighted by Crippen LogP contribution is 2.30. The lowest BCUT2D eigenvalue weighted by atomic mass is 10.2. The molecule has 0 aromatic heterocycles. The van der Waals surface area contributed by atoms with Crippen molar-refractivity contribution in [2.24, 2.45) is 5.14 Å². The van der Waals surface area contributed by atoms with E-state index in [2.05, 4.69) is 37.2 Å². The predicted molar refractivity (Wildman–Crippen MR) is 87.4 cm³/mol. The van der Waals surface area contributed by atoms with Crippen molar-refractivity contribution in [2.45, 2.75) is 4.90 Å². The van der Waals surface area contributed by atoms with Gasteiger partial charge in [-0.3, -0.25) is 0 Å². The van der Waals surface area contributed by atoms with E-state index >= 15 is 0 Å². The maximum absolute atomic E-state index is 11.4. The molecule has 0 spiro atoms. The molecule has 2 aromatic carbocycles. The Morgan fingerprint density at radius 1 is 1.05 bits per heavy atom. The number of sulfonamides is 1. The van der Waals surface area contributed by atoms with Crippen LogP contribution in [0.2, 0.25) is 0 Å². The summed E-state index contributed by atoms with van der Waals surface area (Å²) in [5.74, 6) is 0. The summed E-state index contributed by atoms with van der Waals surface area (Å²) in [5.41, 5.74) is 7.31. The number of nitrogen functional groups attached to an aromatic ring is 1. The second kappa shape index (κ2) is 5.72. The van der Waals surface area contributed by atoms with Crippen molar-refractivity contribution < 1.29 is 8.42 Å². The molecule has 0 atom stereocenters. The van der Waals surface area contributed by atoms with Crippen molar-refractivity contribution in [3.63, 3.8) is 0 Å². The summed E-state index contributed by atoms with van der Waals surface area (Å²) < 4.78 is 24.5. The smallest absolute Gasteiger partial charge is 0.238 e. The molecule has 2 aromatic rings. The number of halogens is 2. The predicted octanol–water partition coefficient (Wildman–Crippen LogP) is 3.18. The first kappa shape index (κ1) is 15.3. The fourth-order valence-corrected chi connectivity index (χ4v) is 2.91. The van der Waals surface area contributed by atoms with E-state index in [0.29, 0.717) is 11.4 Å². The van der Waals surface area contributed by atoms with Crippen LogP contribution in [0.3, 0.4) is 0 Å². The lowest BCUT2D eigenvalue weighted by Gasteiger charge is -2.11. The van der Waals surface area contributed by atoms with Crippen LogP contribution in [0.25, 0.3) is 0 Å². The van der Waals surface area contributed by atoms with Crippen molar-refractivity contribution in [2.75, 3.05) is 11.1 Å². The minimum absolute atomic E-state index is 0.0360. The van der Waals surface area contributed by atoms with Crippen molar-refractivity contribution in [1.82, 2.24) is 0 Å². The second-order valence-electron chi connectivity index (χ2n) is 4.08. The van der Waals surface area contributed by atoms with Crippen molar-refractivity contribution >= 4 is 58.9 Å². The monoisotopic (exact) mass is 419 g/mol. The zero-order valence-electron chi connectivity index (χ0n) is 10.1. The molecular formula is C12H11Br2N3O2S. The fraction of sp³-hybridized carbons (Fsp3) is 0. The molecule has 0 heterocycles. The summed E-state index contributed by atoms with van der Waals surface area (Å²) in [6.45, 7) is 0. The van der Waals surface area contributed by atoms with Gasteiger partial charge in [0.05, 0.1) is 10.6 Å². The lowest BCUT2D eigenvalue weighted by Crippen LogP contribution is -2.12. The third kappa shape index (κ3) is 3.72. The third-order valence-corrected chi connectivity index (χ3v) is 4.54. The number of anilines is 3. The Morgan fingerprint density at radius 2 is 1.75 bits per heavy atom. The Hall–Kier alpha value is -1.09. The van der Waals surface area contributed by atoms with Gasteiger partial charge in [-0.2, -0.15) is 0 Å². The summed E-state index contributed by atoms with van der Waals surface area (Å²) in [5, 5.41) is 8.20. The number of hydrogen-bond acceptors (Lipinski definition) is 4. The molecule has 0 aliphatic rings. The number of nitrogens with one attached hydrogen (secondary N) is 1. The number of hydrogen-bond donors (Lipinski definition) is 3. The van der Waals surface area contributed by atoms with Gasteiger partial charge in [0.15, 0.2) is 0 Å². The molecule has 2 rings (SSSR count). The van der Waals surface area contributed by atoms with Crippen molar-refractivity contribution in [3.05, 3.63) is 45.3 Å². The van der Waals surface area contributed by atoms with E-state index < -0.39 is 10.0 Å². The highest BCUT2D eigenvalue weighted by Gasteiger charge is 2.11. The molecule has 0 aliphatic heterocycles. The molecule has 0 amide bonds. The lowest BCUT2D eigenvalue weighted by molar-refractivity contribution is 0.598. The Labute approximate surface area is 133 Å². The van der Waals surface area contributed by atoms with Gasteiger partial charge in [0.25, 0.3) is 0 Å². The number of primary sulfonamides is 1. The Kier molecular flexibility index (Phi) is 4.38. The molecule has 5 N–H and O–H groups in total. The first-order valence-electron chi connectivity index (χ1n) is 5.41. The molecule has 0 aliphatic carbocycles. The molecule has 5 nitrogen and oxygen atoms in total. The summed E-state index contributed by atoms with van der Waals surface area (Å²) >= 11 is 6.78. The van der Waals surface area contributed by atoms with Crippen LogP contribution < -0.4 is 16.2 Å². The highest BCUT2D eigenvalue weighted by atomic mass is 79.9. The minimum atomic E-state index is -3.80. The molecule has 8 heteroatoms. The third-order valence-electron chi connectivity index (χ3n) is 2.46. The van der Waals surface area contributed by atoms with Crippen LogP contribution in [0.4, 0.5) is 17.1 Å². The number of rotatable bonds is 3. The standard InChI is InChI=1S/C12H11Br2N3O2S/c13-7-1-2-11(14)12(3-7)17-9-4-8(15)5-10(6-9)20(16,18)19/h1-6,17H,15H2,(H2,16,18,19). The summed E-state index contributed by atoms with van der Waals surface area (Å²) in [6, 6.07) is 9.96. The fourth-order valence-electron chi connectivity index (χ4n) is 1.61. The maximum atomic E-state index is 11.4. The van der Waals surface area contributed by atoms with Crippen molar-refractivity contribution in [1.29, 1.82) is 0 Å². The van der Waals surface area contributed by atoms with Gasteiger partial charge in [0.1, 0.15) is 0 Å². The van der Waals surface area contributed by atoms with E-state index in [1.807, 2.05) is 18.2 Å². The average Bonchev–Trinajstić information content (AvgIpc) is 2.32. The number of benzene rings is 2. The molecule has 106 valence electrons. The van der Waals surface area contributed by atoms with Crippen LogP contribution in [0.5, 0.6) is 0 Å². The SMILES string of the molecule is Nc1cc(Nc2cc(Br)ccc2Br)cc(S(N)(=O)=O)c1. The molecule has 0 unspecified atom stereocenters. The first-order chi connectivity index (χ1) is 9.25. The molecule has 0 fully saturated rings. The Bertz CT molecular complexity index is 763. The molecular weight excluding hydrogens is 410 g/mol. The molecule has 0 bridgehead atoms. The summed E-state index contributed by atoms with van der Waals surface area (Å²) in [7, 11) is -3.80. The minimum Gasteiger partial charge on any atom is -0.399 e. The van der Waals surface area contributed by atoms with Gasteiger partial charge in [-0.25, -0.2) is 13.6 Å². The van der Waals surface area contributed by atoms with Crippen LogP contribution in [0, 0.1) is 0 Å². The van der Waals surface area contributed by atoms with Crippen LogP contribution in [-0.2, 0) is 10.0 Å². The molecule has 0 saturated carbocycles. The molecule has 0 radical (unpaired) electrons. The Balaban J connectivity index is 2.44. The normalized spacial score (nSPS) is 11.3. The molecule has 0 saturated heterocycles. The van der Waals surface area contributed by atoms with E-state index in [1.54, 1.807) is 6.07 Å². The van der Waals surface area contributed by atoms with Crippen LogP contribution in [0.15, 0.2) is 50.2 Å². The van der Waals surface area contributed by atoms with Gasteiger partial charge in [0.2, 0.25) is 10.0 Å². The van der Waals surface area contributed by atoms with Gasteiger partial charge < -0.3 is 11.1 Å². The van der Waals surface area contributed by atoms with Crippen LogP contribution >= 0.6 is 31.9 Å². The van der Waals surface area contributed by atoms with E-state index in [9.17, 15) is 8.42 Å². The van der Waals surface area contributed by atoms with Crippen molar-refractivity contribution in [3.8, 4) is 0 Å². The largest absolute Gasteiger partial charge is 0.399 e.